The van der Waals surface area contributed by atoms with Gasteiger partial charge in [-0.1, -0.05) is 17.3 Å². The van der Waals surface area contributed by atoms with Crippen LogP contribution in [0.5, 0.6) is 0 Å². The van der Waals surface area contributed by atoms with E-state index in [9.17, 15) is 43.5 Å². The summed E-state index contributed by atoms with van der Waals surface area (Å²) in [6.07, 6.45) is -10.1. The first kappa shape index (κ1) is 23.7. The fourth-order valence-electron chi connectivity index (χ4n) is 3.00. The van der Waals surface area contributed by atoms with Crippen LogP contribution in [-0.4, -0.2) is 13.6 Å². The Kier molecular flexibility index (Phi) is 5.58. The monoisotopic (exact) mass is 486 g/mol. The summed E-state index contributed by atoms with van der Waals surface area (Å²) in [5.74, 6) is -5.49. The minimum absolute atomic E-state index is 0.229. The van der Waals surface area contributed by atoms with Gasteiger partial charge in [0.05, 0.1) is 11.1 Å². The summed E-state index contributed by atoms with van der Waals surface area (Å²) in [6, 6.07) is 2.94. The Morgan fingerprint density at radius 2 is 1.47 bits per heavy atom. The molecule has 1 aromatic heterocycles. The van der Waals surface area contributed by atoms with Crippen molar-refractivity contribution in [3.05, 3.63) is 58.9 Å². The molecule has 0 aliphatic heterocycles. The highest BCUT2D eigenvalue weighted by molar-refractivity contribution is 7.89. The van der Waals surface area contributed by atoms with Gasteiger partial charge in [0.1, 0.15) is 17.3 Å². The lowest BCUT2D eigenvalue weighted by atomic mass is 9.96. The van der Waals surface area contributed by atoms with Gasteiger partial charge in [-0.05, 0) is 36.2 Å². The van der Waals surface area contributed by atoms with E-state index in [1.165, 1.54) is 0 Å². The molecular weight excluding hydrogens is 476 g/mol. The van der Waals surface area contributed by atoms with Crippen molar-refractivity contribution in [3.63, 3.8) is 0 Å². The molecule has 2 aromatic carbocycles. The summed E-state index contributed by atoms with van der Waals surface area (Å²) in [7, 11) is -4.91. The lowest BCUT2D eigenvalue weighted by Crippen LogP contribution is -2.16. The molecule has 0 amide bonds. The van der Waals surface area contributed by atoms with E-state index in [1.54, 1.807) is 0 Å². The summed E-state index contributed by atoms with van der Waals surface area (Å²) in [4.78, 5) is -1.59. The van der Waals surface area contributed by atoms with Gasteiger partial charge in [0.25, 0.3) is 0 Å². The molecule has 0 fully saturated rings. The number of halogens is 8. The van der Waals surface area contributed by atoms with E-state index in [4.69, 9.17) is 5.14 Å². The number of primary sulfonamides is 1. The Morgan fingerprint density at radius 3 is 1.94 bits per heavy atom. The highest BCUT2D eigenvalue weighted by Crippen LogP contribution is 2.44. The van der Waals surface area contributed by atoms with Gasteiger partial charge < -0.3 is 4.52 Å². The summed E-state index contributed by atoms with van der Waals surface area (Å²) >= 11 is 0. The molecule has 32 heavy (non-hydrogen) atoms. The number of nitrogens with zero attached hydrogens (tertiary/aromatic N) is 1. The first-order valence-corrected chi connectivity index (χ1v) is 9.83. The van der Waals surface area contributed by atoms with Gasteiger partial charge >= 0.3 is 12.4 Å². The van der Waals surface area contributed by atoms with Gasteiger partial charge in [-0.2, -0.15) is 26.3 Å². The average Bonchev–Trinajstić information content (AvgIpc) is 3.04. The van der Waals surface area contributed by atoms with Gasteiger partial charge in [0, 0.05) is 5.56 Å². The van der Waals surface area contributed by atoms with Crippen molar-refractivity contribution in [3.8, 4) is 22.4 Å². The Morgan fingerprint density at radius 1 is 0.906 bits per heavy atom. The summed E-state index contributed by atoms with van der Waals surface area (Å²) in [5, 5.41) is 7.86. The number of sulfonamides is 1. The molecular formula is C18H10F8N2O3S. The average molecular weight is 486 g/mol. The predicted molar refractivity (Wildman–Crippen MR) is 93.4 cm³/mol. The fourth-order valence-corrected chi connectivity index (χ4v) is 3.66. The second kappa shape index (κ2) is 7.55. The van der Waals surface area contributed by atoms with Crippen LogP contribution in [0, 0.1) is 18.6 Å². The summed E-state index contributed by atoms with van der Waals surface area (Å²) in [5.41, 5.74) is -4.69. The fraction of sp³-hybridized carbons (Fsp3) is 0.167. The quantitative estimate of drug-likeness (QED) is 0.511. The molecule has 172 valence electrons. The highest BCUT2D eigenvalue weighted by Gasteiger charge is 2.42. The van der Waals surface area contributed by atoms with E-state index in [0.29, 0.717) is 6.07 Å². The van der Waals surface area contributed by atoms with Crippen LogP contribution in [0.2, 0.25) is 0 Å². The molecule has 0 saturated heterocycles. The molecule has 0 unspecified atom stereocenters. The number of hydrogen-bond donors (Lipinski definition) is 1. The molecule has 3 rings (SSSR count). The number of alkyl halides is 6. The maximum Gasteiger partial charge on any atom is 0.453 e. The van der Waals surface area contributed by atoms with Crippen molar-refractivity contribution in [1.82, 2.24) is 5.16 Å². The zero-order valence-electron chi connectivity index (χ0n) is 15.6. The van der Waals surface area contributed by atoms with Gasteiger partial charge in [0.15, 0.2) is 4.90 Å². The largest absolute Gasteiger partial charge is 0.453 e. The maximum absolute atomic E-state index is 14.3. The molecule has 0 aliphatic carbocycles. The third-order valence-electron chi connectivity index (χ3n) is 4.34. The lowest BCUT2D eigenvalue weighted by Gasteiger charge is -2.13. The number of hydrogen-bond acceptors (Lipinski definition) is 4. The van der Waals surface area contributed by atoms with Crippen molar-refractivity contribution >= 4 is 10.0 Å². The third-order valence-corrected chi connectivity index (χ3v) is 5.30. The summed E-state index contributed by atoms with van der Waals surface area (Å²) in [6.45, 7) is 1.12. The first-order valence-electron chi connectivity index (χ1n) is 8.29. The van der Waals surface area contributed by atoms with Crippen LogP contribution in [0.4, 0.5) is 35.1 Å². The Labute approximate surface area is 174 Å². The van der Waals surface area contributed by atoms with Gasteiger partial charge in [-0.3, -0.25) is 0 Å². The van der Waals surface area contributed by atoms with Gasteiger partial charge in [-0.15, -0.1) is 0 Å². The Bertz CT molecular complexity index is 1290. The Balaban J connectivity index is 2.35. The van der Waals surface area contributed by atoms with Crippen LogP contribution in [0.25, 0.3) is 22.4 Å². The zero-order valence-corrected chi connectivity index (χ0v) is 16.4. The van der Waals surface area contributed by atoms with Crippen molar-refractivity contribution in [2.75, 3.05) is 0 Å². The topological polar surface area (TPSA) is 86.2 Å². The van der Waals surface area contributed by atoms with Crippen molar-refractivity contribution in [2.24, 2.45) is 5.14 Å². The van der Waals surface area contributed by atoms with Crippen molar-refractivity contribution < 1.29 is 48.1 Å². The molecule has 0 bridgehead atoms. The van der Waals surface area contributed by atoms with E-state index >= 15 is 0 Å². The van der Waals surface area contributed by atoms with Crippen LogP contribution in [0.1, 0.15) is 16.9 Å². The van der Waals surface area contributed by atoms with Gasteiger partial charge in [-0.25, -0.2) is 22.3 Å². The normalized spacial score (nSPS) is 12.9. The highest BCUT2D eigenvalue weighted by atomic mass is 32.2. The van der Waals surface area contributed by atoms with Crippen LogP contribution in [0.15, 0.2) is 39.8 Å². The second-order valence-corrected chi connectivity index (χ2v) is 8.07. The smallest absolute Gasteiger partial charge is 0.350 e. The molecule has 5 nitrogen and oxygen atoms in total. The van der Waals surface area contributed by atoms with E-state index in [1.807, 2.05) is 0 Å². The molecule has 0 radical (unpaired) electrons. The molecule has 2 N–H and O–H groups in total. The number of aromatic nitrogens is 1. The minimum Gasteiger partial charge on any atom is -0.350 e. The zero-order chi connectivity index (χ0) is 24.2. The van der Waals surface area contributed by atoms with E-state index in [2.05, 4.69) is 9.68 Å². The number of aryl methyl sites for hydroxylation is 1. The van der Waals surface area contributed by atoms with Crippen molar-refractivity contribution in [1.29, 1.82) is 0 Å². The van der Waals surface area contributed by atoms with Crippen LogP contribution in [-0.2, 0) is 22.4 Å². The molecule has 0 saturated carbocycles. The molecule has 1 heterocycles. The van der Waals surface area contributed by atoms with Gasteiger partial charge in [0.2, 0.25) is 15.8 Å². The Hall–Kier alpha value is -3.00. The summed E-state index contributed by atoms with van der Waals surface area (Å²) < 4.78 is 135. The van der Waals surface area contributed by atoms with E-state index in [0.717, 1.165) is 19.1 Å². The first-order chi connectivity index (χ1) is 14.5. The molecule has 3 aromatic rings. The number of benzene rings is 2. The van der Waals surface area contributed by atoms with E-state index in [-0.39, 0.29) is 17.7 Å². The predicted octanol–water partition coefficient (Wildman–Crippen LogP) is 5.28. The van der Waals surface area contributed by atoms with Crippen LogP contribution < -0.4 is 5.14 Å². The molecule has 0 aliphatic rings. The standard InChI is InChI=1S/C18H10F8N2O3S/c1-7-2-3-8(4-10(7)17(21,22)23)14-13(16(31-28-14)18(24,25)26)9-5-11(19)15(12(20)6-9)32(27,29)30/h2-6H,1H3,(H2,27,29,30). The third kappa shape index (κ3) is 4.32. The molecule has 14 heteroatoms. The SMILES string of the molecule is Cc1ccc(-c2noc(C(F)(F)F)c2-c2cc(F)c(S(N)(=O)=O)c(F)c2)cc1C(F)(F)F. The molecule has 0 spiro atoms. The molecule has 0 atom stereocenters. The van der Waals surface area contributed by atoms with Crippen LogP contribution >= 0.6 is 0 Å². The number of nitrogens with two attached hydrogens (primary N) is 1. The lowest BCUT2D eigenvalue weighted by molar-refractivity contribution is -0.155. The van der Waals surface area contributed by atoms with Crippen molar-refractivity contribution in [2.45, 2.75) is 24.2 Å². The second-order valence-electron chi connectivity index (χ2n) is 6.57. The maximum atomic E-state index is 14.3. The minimum atomic E-state index is -5.26. The van der Waals surface area contributed by atoms with E-state index < -0.39 is 72.6 Å². The number of rotatable bonds is 3. The van der Waals surface area contributed by atoms with Crippen LogP contribution in [0.3, 0.4) is 0 Å².